The van der Waals surface area contributed by atoms with Gasteiger partial charge in [-0.1, -0.05) is 6.07 Å². The van der Waals surface area contributed by atoms with Crippen molar-refractivity contribution in [1.29, 1.82) is 0 Å². The van der Waals surface area contributed by atoms with Crippen LogP contribution in [0, 0.1) is 5.82 Å². The molecule has 0 saturated heterocycles. The van der Waals surface area contributed by atoms with E-state index in [2.05, 4.69) is 10.3 Å². The second-order valence-corrected chi connectivity index (χ2v) is 7.56. The van der Waals surface area contributed by atoms with Crippen molar-refractivity contribution in [3.63, 3.8) is 0 Å². The summed E-state index contributed by atoms with van der Waals surface area (Å²) in [5.41, 5.74) is 2.52. The minimum atomic E-state index is -0.352. The summed E-state index contributed by atoms with van der Waals surface area (Å²) in [4.78, 5) is 28.8. The molecule has 1 atom stereocenters. The number of benzene rings is 2. The third-order valence-corrected chi connectivity index (χ3v) is 5.32. The molecule has 0 saturated carbocycles. The van der Waals surface area contributed by atoms with Gasteiger partial charge in [0, 0.05) is 42.1 Å². The lowest BCUT2D eigenvalue weighted by molar-refractivity contribution is -0.121. The van der Waals surface area contributed by atoms with Crippen LogP contribution >= 0.6 is 0 Å². The third-order valence-electron chi connectivity index (χ3n) is 5.32. The lowest BCUT2D eigenvalue weighted by Gasteiger charge is -2.13. The van der Waals surface area contributed by atoms with Gasteiger partial charge in [-0.3, -0.25) is 14.6 Å². The first-order valence-electron chi connectivity index (χ1n) is 10.4. The number of amides is 1. The molecule has 1 aliphatic rings. The second-order valence-electron chi connectivity index (χ2n) is 7.56. The molecule has 6 nitrogen and oxygen atoms in total. The fourth-order valence-corrected chi connectivity index (χ4v) is 3.69. The summed E-state index contributed by atoms with van der Waals surface area (Å²) in [5.74, 6) is 0.571. The summed E-state index contributed by atoms with van der Waals surface area (Å²) in [6.45, 7) is 0.271. The molecule has 1 amide bonds. The minimum Gasteiger partial charge on any atom is -0.497 e. The van der Waals surface area contributed by atoms with Crippen molar-refractivity contribution in [2.24, 2.45) is 0 Å². The molecule has 2 heterocycles. The van der Waals surface area contributed by atoms with E-state index in [0.29, 0.717) is 34.7 Å². The first kappa shape index (κ1) is 21.5. The highest BCUT2D eigenvalue weighted by atomic mass is 19.1. The number of carbonyl (C=O) groups excluding carboxylic acids is 2. The molecule has 0 fully saturated rings. The van der Waals surface area contributed by atoms with Crippen molar-refractivity contribution in [1.82, 2.24) is 10.3 Å². The van der Waals surface area contributed by atoms with Crippen LogP contribution in [0.5, 0.6) is 11.5 Å². The molecular weight excluding hydrogens is 411 g/mol. The molecule has 0 unspecified atom stereocenters. The van der Waals surface area contributed by atoms with E-state index < -0.39 is 0 Å². The number of halogens is 1. The van der Waals surface area contributed by atoms with Gasteiger partial charge < -0.3 is 14.8 Å². The summed E-state index contributed by atoms with van der Waals surface area (Å²) in [7, 11) is 1.56. The Bertz CT molecular complexity index is 1120. The lowest BCUT2D eigenvalue weighted by atomic mass is 10.0. The molecule has 0 bridgehead atoms. The van der Waals surface area contributed by atoms with Crippen LogP contribution in [0.4, 0.5) is 4.39 Å². The number of nitrogens with zero attached hydrogens (tertiary/aromatic N) is 1. The zero-order valence-corrected chi connectivity index (χ0v) is 17.6. The number of aromatic nitrogens is 1. The predicted molar refractivity (Wildman–Crippen MR) is 117 cm³/mol. The van der Waals surface area contributed by atoms with E-state index >= 15 is 0 Å². The highest BCUT2D eigenvalue weighted by Gasteiger charge is 2.27. The van der Waals surface area contributed by atoms with Gasteiger partial charge in [-0.15, -0.1) is 0 Å². The zero-order valence-electron chi connectivity index (χ0n) is 17.6. The molecule has 1 aliphatic heterocycles. The first-order valence-corrected chi connectivity index (χ1v) is 10.4. The van der Waals surface area contributed by atoms with Gasteiger partial charge in [0.2, 0.25) is 5.91 Å². The molecule has 0 aliphatic carbocycles. The summed E-state index contributed by atoms with van der Waals surface area (Å²) in [6, 6.07) is 15.1. The molecule has 7 heteroatoms. The van der Waals surface area contributed by atoms with Gasteiger partial charge in [-0.25, -0.2) is 4.39 Å². The predicted octanol–water partition coefficient (Wildman–Crippen LogP) is 3.98. The molecule has 3 aromatic rings. The maximum absolute atomic E-state index is 14.1. The smallest absolute Gasteiger partial charge is 0.220 e. The number of fused-ring (bicyclic) bond motifs is 1. The molecule has 1 aromatic heterocycles. The standard InChI is InChI=1S/C25H23FN2O4/c1-31-19-7-5-16(6-8-19)23(29)9-10-24(30)28-15-20-13-17-12-18(26)14-21(25(17)32-20)22-4-2-3-11-27-22/h2-8,11-12,14,20H,9-10,13,15H2,1H3,(H,28,30)/t20-/m0/s1. The van der Waals surface area contributed by atoms with Gasteiger partial charge in [-0.05, 0) is 48.5 Å². The Morgan fingerprint density at radius 2 is 1.97 bits per heavy atom. The number of hydrogen-bond donors (Lipinski definition) is 1. The van der Waals surface area contributed by atoms with Crippen LogP contribution in [0.3, 0.4) is 0 Å². The summed E-state index contributed by atoms with van der Waals surface area (Å²) in [5, 5.41) is 2.81. The highest BCUT2D eigenvalue weighted by Crippen LogP contribution is 2.38. The van der Waals surface area contributed by atoms with Gasteiger partial charge in [0.15, 0.2) is 5.78 Å². The Kier molecular flexibility index (Phi) is 6.44. The molecular formula is C25H23FN2O4. The lowest BCUT2D eigenvalue weighted by Crippen LogP contribution is -2.34. The zero-order chi connectivity index (χ0) is 22.5. The first-order chi connectivity index (χ1) is 15.5. The summed E-state index contributed by atoms with van der Waals surface area (Å²) >= 11 is 0. The number of nitrogens with one attached hydrogen (secondary N) is 1. The summed E-state index contributed by atoms with van der Waals surface area (Å²) in [6.07, 6.45) is 2.01. The van der Waals surface area contributed by atoms with Crippen LogP contribution in [0.2, 0.25) is 0 Å². The van der Waals surface area contributed by atoms with Gasteiger partial charge in [0.05, 0.1) is 19.3 Å². The molecule has 0 radical (unpaired) electrons. The van der Waals surface area contributed by atoms with Crippen molar-refractivity contribution in [3.8, 4) is 22.8 Å². The largest absolute Gasteiger partial charge is 0.497 e. The van der Waals surface area contributed by atoms with E-state index in [1.807, 2.05) is 6.07 Å². The van der Waals surface area contributed by atoms with E-state index in [0.717, 1.165) is 5.56 Å². The number of hydrogen-bond acceptors (Lipinski definition) is 5. The van der Waals surface area contributed by atoms with E-state index in [-0.39, 0.29) is 43.0 Å². The molecule has 4 rings (SSSR count). The molecule has 0 spiro atoms. The Hall–Kier alpha value is -3.74. The van der Waals surface area contributed by atoms with Gasteiger partial charge in [0.25, 0.3) is 0 Å². The summed E-state index contributed by atoms with van der Waals surface area (Å²) < 4.78 is 25.2. The average Bonchev–Trinajstić information content (AvgIpc) is 3.24. The number of ketones is 1. The van der Waals surface area contributed by atoms with E-state index in [1.54, 1.807) is 49.7 Å². The van der Waals surface area contributed by atoms with Crippen LogP contribution < -0.4 is 14.8 Å². The monoisotopic (exact) mass is 434 g/mol. The fourth-order valence-electron chi connectivity index (χ4n) is 3.69. The number of ether oxygens (including phenoxy) is 2. The van der Waals surface area contributed by atoms with Gasteiger partial charge in [-0.2, -0.15) is 0 Å². The highest BCUT2D eigenvalue weighted by molar-refractivity contribution is 5.98. The molecule has 164 valence electrons. The number of pyridine rings is 1. The van der Waals surface area contributed by atoms with E-state index in [4.69, 9.17) is 9.47 Å². The Labute approximate surface area is 185 Å². The molecule has 1 N–H and O–H groups in total. The number of methoxy groups -OCH3 is 1. The topological polar surface area (TPSA) is 77.5 Å². The maximum atomic E-state index is 14.1. The average molecular weight is 434 g/mol. The van der Waals surface area contributed by atoms with Crippen molar-refractivity contribution in [2.75, 3.05) is 13.7 Å². The Balaban J connectivity index is 1.30. The Morgan fingerprint density at radius 3 is 2.69 bits per heavy atom. The SMILES string of the molecule is COc1ccc(C(=O)CCC(=O)NC[C@@H]2Cc3cc(F)cc(-c4ccccn4)c3O2)cc1. The van der Waals surface area contributed by atoms with Crippen molar-refractivity contribution >= 4 is 11.7 Å². The normalized spacial score (nSPS) is 14.4. The van der Waals surface area contributed by atoms with Crippen LogP contribution in [0.15, 0.2) is 60.8 Å². The van der Waals surface area contributed by atoms with Crippen LogP contribution in [-0.4, -0.2) is 36.4 Å². The van der Waals surface area contributed by atoms with Crippen LogP contribution in [0.1, 0.15) is 28.8 Å². The second kappa shape index (κ2) is 9.60. The number of rotatable bonds is 8. The van der Waals surface area contributed by atoms with Gasteiger partial charge in [0.1, 0.15) is 23.4 Å². The molecule has 32 heavy (non-hydrogen) atoms. The fraction of sp³-hybridized carbons (Fsp3) is 0.240. The third kappa shape index (κ3) is 4.94. The van der Waals surface area contributed by atoms with Crippen molar-refractivity contribution in [2.45, 2.75) is 25.4 Å². The van der Waals surface area contributed by atoms with E-state index in [1.165, 1.54) is 12.1 Å². The van der Waals surface area contributed by atoms with E-state index in [9.17, 15) is 14.0 Å². The van der Waals surface area contributed by atoms with Crippen molar-refractivity contribution < 1.29 is 23.5 Å². The van der Waals surface area contributed by atoms with Gasteiger partial charge >= 0.3 is 0 Å². The maximum Gasteiger partial charge on any atom is 0.220 e. The van der Waals surface area contributed by atoms with Crippen LogP contribution in [-0.2, 0) is 11.2 Å². The molecule has 2 aromatic carbocycles. The number of carbonyl (C=O) groups is 2. The quantitative estimate of drug-likeness (QED) is 0.543. The Morgan fingerprint density at radius 1 is 1.16 bits per heavy atom. The van der Waals surface area contributed by atoms with Crippen LogP contribution in [0.25, 0.3) is 11.3 Å². The number of Topliss-reactive ketones (excluding diaryl/α,β-unsaturated/α-hetero) is 1. The minimum absolute atomic E-state index is 0.0817. The van der Waals surface area contributed by atoms with Crippen molar-refractivity contribution in [3.05, 3.63) is 77.7 Å².